The van der Waals surface area contributed by atoms with Crippen LogP contribution in [0.4, 0.5) is 0 Å². The second kappa shape index (κ2) is 7.82. The van der Waals surface area contributed by atoms with Crippen molar-refractivity contribution in [3.8, 4) is 0 Å². The van der Waals surface area contributed by atoms with Crippen molar-refractivity contribution in [3.05, 3.63) is 12.2 Å². The molecule has 0 bridgehead atoms. The lowest BCUT2D eigenvalue weighted by Crippen LogP contribution is -2.30. The minimum atomic E-state index is -0.782. The van der Waals surface area contributed by atoms with E-state index in [1.165, 1.54) is 0 Å². The Bertz CT molecular complexity index is 220. The lowest BCUT2D eigenvalue weighted by molar-refractivity contribution is -0.188. The largest absolute Gasteiger partial charge is 0.390 e. The molecule has 2 atom stereocenters. The molecule has 0 aliphatic carbocycles. The van der Waals surface area contributed by atoms with Gasteiger partial charge in [0.1, 0.15) is 0 Å². The van der Waals surface area contributed by atoms with Crippen LogP contribution in [0.3, 0.4) is 0 Å². The third kappa shape index (κ3) is 8.32. The van der Waals surface area contributed by atoms with Gasteiger partial charge in [-0.15, -0.1) is 0 Å². The molecule has 4 heteroatoms. The molecule has 0 fully saturated rings. The summed E-state index contributed by atoms with van der Waals surface area (Å²) in [6.45, 7) is 11.4. The summed E-state index contributed by atoms with van der Waals surface area (Å²) in [6, 6.07) is 0. The molecule has 0 aromatic rings. The van der Waals surface area contributed by atoms with Crippen LogP contribution >= 0.6 is 0 Å². The lowest BCUT2D eigenvalue weighted by Gasteiger charge is -2.26. The first-order valence-electron chi connectivity index (χ1n) is 5.96. The molecule has 0 saturated heterocycles. The normalized spacial score (nSPS) is 15.6. The van der Waals surface area contributed by atoms with Crippen molar-refractivity contribution in [2.45, 2.75) is 58.5 Å². The monoisotopic (exact) mass is 246 g/mol. The Morgan fingerprint density at radius 2 is 1.94 bits per heavy atom. The second-order valence-corrected chi connectivity index (χ2v) is 4.77. The number of ether oxygens (including phenoxy) is 3. The molecular formula is C13H26O4. The van der Waals surface area contributed by atoms with Gasteiger partial charge in [-0.05, 0) is 32.8 Å². The summed E-state index contributed by atoms with van der Waals surface area (Å²) in [6.07, 6.45) is 0.835. The summed E-state index contributed by atoms with van der Waals surface area (Å²) in [5, 5.41) is 9.80. The van der Waals surface area contributed by atoms with E-state index in [1.54, 1.807) is 27.9 Å². The molecule has 2 unspecified atom stereocenters. The highest BCUT2D eigenvalue weighted by molar-refractivity contribution is 5.03. The fourth-order valence-corrected chi connectivity index (χ4v) is 1.29. The Hall–Kier alpha value is -0.420. The maximum atomic E-state index is 9.80. The number of rotatable bonds is 9. The third-order valence-corrected chi connectivity index (χ3v) is 2.50. The van der Waals surface area contributed by atoms with Gasteiger partial charge in [0.2, 0.25) is 0 Å². The molecule has 0 spiro atoms. The molecular weight excluding hydrogens is 220 g/mol. The fraction of sp³-hybridized carbons (Fsp3) is 0.846. The van der Waals surface area contributed by atoms with E-state index >= 15 is 0 Å². The molecule has 1 N–H and O–H groups in total. The van der Waals surface area contributed by atoms with Crippen molar-refractivity contribution >= 4 is 0 Å². The van der Waals surface area contributed by atoms with E-state index in [4.69, 9.17) is 14.2 Å². The Morgan fingerprint density at radius 3 is 2.35 bits per heavy atom. The third-order valence-electron chi connectivity index (χ3n) is 2.50. The van der Waals surface area contributed by atoms with Crippen LogP contribution in [0, 0.1) is 0 Å². The highest BCUT2D eigenvalue weighted by Gasteiger charge is 2.22. The molecule has 0 saturated carbocycles. The zero-order valence-corrected chi connectivity index (χ0v) is 11.7. The molecule has 17 heavy (non-hydrogen) atoms. The van der Waals surface area contributed by atoms with Crippen molar-refractivity contribution in [3.63, 3.8) is 0 Å². The van der Waals surface area contributed by atoms with E-state index in [-0.39, 0.29) is 19.2 Å². The Labute approximate surface area is 105 Å². The molecule has 0 aromatic heterocycles. The highest BCUT2D eigenvalue weighted by atomic mass is 16.7. The Kier molecular flexibility index (Phi) is 7.63. The zero-order valence-electron chi connectivity index (χ0n) is 11.7. The van der Waals surface area contributed by atoms with E-state index in [0.29, 0.717) is 6.42 Å². The van der Waals surface area contributed by atoms with E-state index in [1.807, 2.05) is 6.92 Å². The van der Waals surface area contributed by atoms with Gasteiger partial charge in [-0.25, -0.2) is 0 Å². The van der Waals surface area contributed by atoms with Gasteiger partial charge < -0.3 is 19.3 Å². The van der Waals surface area contributed by atoms with Crippen molar-refractivity contribution in [1.29, 1.82) is 0 Å². The van der Waals surface area contributed by atoms with Crippen LogP contribution in [0.1, 0.15) is 40.5 Å². The van der Waals surface area contributed by atoms with Crippen LogP contribution in [-0.4, -0.2) is 37.0 Å². The zero-order chi connectivity index (χ0) is 13.5. The number of hydrogen-bond acceptors (Lipinski definition) is 4. The van der Waals surface area contributed by atoms with Gasteiger partial charge in [0, 0.05) is 13.5 Å². The maximum absolute atomic E-state index is 9.80. The van der Waals surface area contributed by atoms with Gasteiger partial charge in [0.25, 0.3) is 0 Å². The quantitative estimate of drug-likeness (QED) is 0.501. The SMILES string of the molecule is C=C(CC)C(CC(C)(C)O)OCOC(C)OC. The first kappa shape index (κ1) is 16.6. The summed E-state index contributed by atoms with van der Waals surface area (Å²) in [7, 11) is 1.57. The second-order valence-electron chi connectivity index (χ2n) is 4.77. The predicted octanol–water partition coefficient (Wildman–Crippen LogP) is 2.47. The van der Waals surface area contributed by atoms with Crippen LogP contribution < -0.4 is 0 Å². The summed E-state index contributed by atoms with van der Waals surface area (Å²) >= 11 is 0. The molecule has 0 amide bonds. The van der Waals surface area contributed by atoms with Crippen LogP contribution in [0.2, 0.25) is 0 Å². The van der Waals surface area contributed by atoms with Gasteiger partial charge in [-0.3, -0.25) is 0 Å². The summed E-state index contributed by atoms with van der Waals surface area (Å²) in [4.78, 5) is 0. The summed E-state index contributed by atoms with van der Waals surface area (Å²) < 4.78 is 15.8. The first-order chi connectivity index (χ1) is 7.80. The maximum Gasteiger partial charge on any atom is 0.157 e. The van der Waals surface area contributed by atoms with Gasteiger partial charge in [-0.1, -0.05) is 13.5 Å². The van der Waals surface area contributed by atoms with E-state index in [2.05, 4.69) is 6.58 Å². The van der Waals surface area contributed by atoms with Crippen LogP contribution in [0.5, 0.6) is 0 Å². The molecule has 4 nitrogen and oxygen atoms in total. The van der Waals surface area contributed by atoms with Crippen LogP contribution in [0.25, 0.3) is 0 Å². The van der Waals surface area contributed by atoms with Crippen molar-refractivity contribution < 1.29 is 19.3 Å². The average Bonchev–Trinajstić information content (AvgIpc) is 2.24. The number of aliphatic hydroxyl groups is 1. The molecule has 0 radical (unpaired) electrons. The minimum Gasteiger partial charge on any atom is -0.390 e. The summed E-state index contributed by atoms with van der Waals surface area (Å²) in [5.74, 6) is 0. The predicted molar refractivity (Wildman–Crippen MR) is 67.6 cm³/mol. The molecule has 0 heterocycles. The number of methoxy groups -OCH3 is 1. The van der Waals surface area contributed by atoms with Gasteiger partial charge in [0.05, 0.1) is 11.7 Å². The fourth-order valence-electron chi connectivity index (χ4n) is 1.29. The van der Waals surface area contributed by atoms with Crippen LogP contribution in [-0.2, 0) is 14.2 Å². The number of hydrogen-bond donors (Lipinski definition) is 1. The van der Waals surface area contributed by atoms with E-state index < -0.39 is 5.60 Å². The van der Waals surface area contributed by atoms with Crippen molar-refractivity contribution in [2.24, 2.45) is 0 Å². The van der Waals surface area contributed by atoms with Crippen LogP contribution in [0.15, 0.2) is 12.2 Å². The van der Waals surface area contributed by atoms with E-state index in [9.17, 15) is 5.11 Å². The minimum absolute atomic E-state index is 0.134. The van der Waals surface area contributed by atoms with Crippen molar-refractivity contribution in [2.75, 3.05) is 13.9 Å². The Morgan fingerprint density at radius 1 is 1.35 bits per heavy atom. The molecule has 0 aliphatic rings. The molecule has 0 aromatic carbocycles. The van der Waals surface area contributed by atoms with Gasteiger partial charge >= 0.3 is 0 Å². The standard InChI is InChI=1S/C13H26O4/c1-7-10(2)12(8-13(4,5)14)17-9-16-11(3)15-6/h11-12,14H,2,7-9H2,1,3-6H3. The molecule has 0 rings (SSSR count). The van der Waals surface area contributed by atoms with Gasteiger partial charge in [-0.2, -0.15) is 0 Å². The molecule has 102 valence electrons. The molecule has 0 aliphatic heterocycles. The van der Waals surface area contributed by atoms with E-state index in [0.717, 1.165) is 12.0 Å². The Balaban J connectivity index is 4.16. The average molecular weight is 246 g/mol. The summed E-state index contributed by atoms with van der Waals surface area (Å²) in [5.41, 5.74) is 0.177. The smallest absolute Gasteiger partial charge is 0.157 e. The van der Waals surface area contributed by atoms with Crippen molar-refractivity contribution in [1.82, 2.24) is 0 Å². The topological polar surface area (TPSA) is 47.9 Å². The highest BCUT2D eigenvalue weighted by Crippen LogP contribution is 2.20. The first-order valence-corrected chi connectivity index (χ1v) is 5.96. The van der Waals surface area contributed by atoms with Gasteiger partial charge in [0.15, 0.2) is 13.1 Å². The lowest BCUT2D eigenvalue weighted by atomic mass is 9.95.